The molecule has 19 heavy (non-hydrogen) atoms. The molecular formula is C16H17BrClN. The van der Waals surface area contributed by atoms with Crippen molar-refractivity contribution in [3.63, 3.8) is 0 Å². The average Bonchev–Trinajstić information content (AvgIpc) is 2.37. The van der Waals surface area contributed by atoms with E-state index in [0.717, 1.165) is 16.0 Å². The third kappa shape index (κ3) is 4.07. The largest absolute Gasteiger partial charge is 0.306 e. The normalized spacial score (nSPS) is 12.4. The van der Waals surface area contributed by atoms with E-state index in [4.69, 9.17) is 11.6 Å². The molecule has 1 atom stereocenters. The van der Waals surface area contributed by atoms with Gasteiger partial charge in [0, 0.05) is 22.1 Å². The summed E-state index contributed by atoms with van der Waals surface area (Å²) in [4.78, 5) is 0. The highest BCUT2D eigenvalue weighted by Crippen LogP contribution is 2.22. The fourth-order valence-electron chi connectivity index (χ4n) is 1.99. The van der Waals surface area contributed by atoms with Crippen molar-refractivity contribution in [3.05, 3.63) is 68.7 Å². The number of hydrogen-bond acceptors (Lipinski definition) is 1. The zero-order chi connectivity index (χ0) is 13.8. The molecule has 3 heteroatoms. The second kappa shape index (κ2) is 6.56. The van der Waals surface area contributed by atoms with E-state index < -0.39 is 0 Å². The fraction of sp³-hybridized carbons (Fsp3) is 0.250. The van der Waals surface area contributed by atoms with Crippen LogP contribution in [-0.2, 0) is 6.54 Å². The van der Waals surface area contributed by atoms with Gasteiger partial charge in [-0.2, -0.15) is 0 Å². The summed E-state index contributed by atoms with van der Waals surface area (Å²) in [6.07, 6.45) is 0. The standard InChI is InChI=1S/C16H17BrClN/c1-11-4-3-5-13(8-11)12(2)19-10-14-6-7-15(18)9-16(14)17/h3-9,12,19H,10H2,1-2H3/t12-/m1/s1. The summed E-state index contributed by atoms with van der Waals surface area (Å²) >= 11 is 9.48. The molecule has 0 unspecified atom stereocenters. The first-order chi connectivity index (χ1) is 9.06. The van der Waals surface area contributed by atoms with Gasteiger partial charge in [-0.25, -0.2) is 0 Å². The Labute approximate surface area is 128 Å². The first-order valence-corrected chi connectivity index (χ1v) is 7.47. The summed E-state index contributed by atoms with van der Waals surface area (Å²) in [5.74, 6) is 0. The maximum absolute atomic E-state index is 5.94. The Bertz CT molecular complexity index is 568. The molecule has 0 bridgehead atoms. The lowest BCUT2D eigenvalue weighted by Gasteiger charge is -2.15. The van der Waals surface area contributed by atoms with Crippen molar-refractivity contribution >= 4 is 27.5 Å². The molecule has 100 valence electrons. The molecule has 0 radical (unpaired) electrons. The highest BCUT2D eigenvalue weighted by Gasteiger charge is 2.06. The van der Waals surface area contributed by atoms with Gasteiger partial charge in [-0.15, -0.1) is 0 Å². The van der Waals surface area contributed by atoms with Crippen LogP contribution in [0.2, 0.25) is 5.02 Å². The molecule has 0 aliphatic carbocycles. The molecule has 2 aromatic rings. The zero-order valence-electron chi connectivity index (χ0n) is 11.1. The quantitative estimate of drug-likeness (QED) is 0.801. The van der Waals surface area contributed by atoms with Crippen LogP contribution in [0, 0.1) is 6.92 Å². The Morgan fingerprint density at radius 1 is 1.21 bits per heavy atom. The topological polar surface area (TPSA) is 12.0 Å². The first kappa shape index (κ1) is 14.6. The van der Waals surface area contributed by atoms with Crippen LogP contribution >= 0.6 is 27.5 Å². The van der Waals surface area contributed by atoms with E-state index in [9.17, 15) is 0 Å². The van der Waals surface area contributed by atoms with Crippen molar-refractivity contribution in [3.8, 4) is 0 Å². The predicted octanol–water partition coefficient (Wildman–Crippen LogP) is 5.26. The maximum Gasteiger partial charge on any atom is 0.0417 e. The summed E-state index contributed by atoms with van der Waals surface area (Å²) < 4.78 is 1.05. The minimum Gasteiger partial charge on any atom is -0.306 e. The zero-order valence-corrected chi connectivity index (χ0v) is 13.4. The average molecular weight is 339 g/mol. The van der Waals surface area contributed by atoms with Gasteiger partial charge in [0.2, 0.25) is 0 Å². The van der Waals surface area contributed by atoms with Crippen LogP contribution in [0.5, 0.6) is 0 Å². The van der Waals surface area contributed by atoms with Crippen LogP contribution in [0.1, 0.15) is 29.7 Å². The molecule has 0 aliphatic heterocycles. The van der Waals surface area contributed by atoms with Crippen LogP contribution in [0.25, 0.3) is 0 Å². The van der Waals surface area contributed by atoms with E-state index in [1.54, 1.807) is 0 Å². The number of nitrogens with one attached hydrogen (secondary N) is 1. The van der Waals surface area contributed by atoms with Crippen LogP contribution < -0.4 is 5.32 Å². The smallest absolute Gasteiger partial charge is 0.0417 e. The fourth-order valence-corrected chi connectivity index (χ4v) is 2.81. The highest BCUT2D eigenvalue weighted by atomic mass is 79.9. The second-order valence-electron chi connectivity index (χ2n) is 4.75. The summed E-state index contributed by atoms with van der Waals surface area (Å²) in [5.41, 5.74) is 3.81. The molecule has 2 rings (SSSR count). The lowest BCUT2D eigenvalue weighted by atomic mass is 10.1. The summed E-state index contributed by atoms with van der Waals surface area (Å²) in [5, 5.41) is 4.28. The SMILES string of the molecule is Cc1cccc([C@@H](C)NCc2ccc(Cl)cc2Br)c1. The number of hydrogen-bond donors (Lipinski definition) is 1. The monoisotopic (exact) mass is 337 g/mol. The third-order valence-electron chi connectivity index (χ3n) is 3.16. The van der Waals surface area contributed by atoms with E-state index in [0.29, 0.717) is 6.04 Å². The molecule has 0 saturated heterocycles. The molecule has 1 nitrogen and oxygen atoms in total. The molecule has 0 amide bonds. The molecule has 0 saturated carbocycles. The van der Waals surface area contributed by atoms with Gasteiger partial charge in [-0.3, -0.25) is 0 Å². The van der Waals surface area contributed by atoms with Crippen molar-refractivity contribution in [1.82, 2.24) is 5.32 Å². The van der Waals surface area contributed by atoms with Gasteiger partial charge < -0.3 is 5.32 Å². The van der Waals surface area contributed by atoms with Crippen molar-refractivity contribution < 1.29 is 0 Å². The number of benzene rings is 2. The van der Waals surface area contributed by atoms with E-state index in [1.165, 1.54) is 16.7 Å². The van der Waals surface area contributed by atoms with Crippen LogP contribution in [0.3, 0.4) is 0 Å². The Balaban J connectivity index is 2.02. The van der Waals surface area contributed by atoms with Gasteiger partial charge in [0.25, 0.3) is 0 Å². The van der Waals surface area contributed by atoms with Gasteiger partial charge in [0.05, 0.1) is 0 Å². The molecule has 0 aliphatic rings. The number of rotatable bonds is 4. The lowest BCUT2D eigenvalue weighted by molar-refractivity contribution is 0.573. The number of halogens is 2. The minimum atomic E-state index is 0.322. The Morgan fingerprint density at radius 3 is 2.68 bits per heavy atom. The van der Waals surface area contributed by atoms with Gasteiger partial charge >= 0.3 is 0 Å². The Hall–Kier alpha value is -0.830. The molecule has 0 aromatic heterocycles. The van der Waals surface area contributed by atoms with E-state index in [1.807, 2.05) is 18.2 Å². The summed E-state index contributed by atoms with van der Waals surface area (Å²) in [6, 6.07) is 14.8. The number of aryl methyl sites for hydroxylation is 1. The van der Waals surface area contributed by atoms with E-state index in [2.05, 4.69) is 59.4 Å². The highest BCUT2D eigenvalue weighted by molar-refractivity contribution is 9.10. The molecule has 0 spiro atoms. The Kier molecular flexibility index (Phi) is 5.03. The van der Waals surface area contributed by atoms with Gasteiger partial charge in [-0.1, -0.05) is 63.4 Å². The summed E-state index contributed by atoms with van der Waals surface area (Å²) in [7, 11) is 0. The van der Waals surface area contributed by atoms with Gasteiger partial charge in [0.15, 0.2) is 0 Å². The summed E-state index contributed by atoms with van der Waals surface area (Å²) in [6.45, 7) is 5.11. The first-order valence-electron chi connectivity index (χ1n) is 6.30. The van der Waals surface area contributed by atoms with Crippen molar-refractivity contribution in [2.75, 3.05) is 0 Å². The molecule has 2 aromatic carbocycles. The maximum atomic E-state index is 5.94. The van der Waals surface area contributed by atoms with Crippen LogP contribution in [0.15, 0.2) is 46.9 Å². The lowest BCUT2D eigenvalue weighted by Crippen LogP contribution is -2.18. The minimum absolute atomic E-state index is 0.322. The molecule has 0 fully saturated rings. The molecular weight excluding hydrogens is 322 g/mol. The third-order valence-corrected chi connectivity index (χ3v) is 4.13. The van der Waals surface area contributed by atoms with Crippen molar-refractivity contribution in [2.45, 2.75) is 26.4 Å². The predicted molar refractivity (Wildman–Crippen MR) is 85.6 cm³/mol. The van der Waals surface area contributed by atoms with Gasteiger partial charge in [-0.05, 0) is 37.1 Å². The van der Waals surface area contributed by atoms with E-state index >= 15 is 0 Å². The van der Waals surface area contributed by atoms with Crippen LogP contribution in [-0.4, -0.2) is 0 Å². The van der Waals surface area contributed by atoms with Crippen LogP contribution in [0.4, 0.5) is 0 Å². The van der Waals surface area contributed by atoms with Gasteiger partial charge in [0.1, 0.15) is 0 Å². The molecule has 0 heterocycles. The Morgan fingerprint density at radius 2 is 2.00 bits per heavy atom. The second-order valence-corrected chi connectivity index (χ2v) is 6.04. The van der Waals surface area contributed by atoms with Crippen molar-refractivity contribution in [2.24, 2.45) is 0 Å². The van der Waals surface area contributed by atoms with E-state index in [-0.39, 0.29) is 0 Å². The molecule has 1 N–H and O–H groups in total. The van der Waals surface area contributed by atoms with Crippen molar-refractivity contribution in [1.29, 1.82) is 0 Å².